The van der Waals surface area contributed by atoms with Crippen molar-refractivity contribution < 1.29 is 4.79 Å². The van der Waals surface area contributed by atoms with E-state index in [-0.39, 0.29) is 18.0 Å². The Balaban J connectivity index is 1.78. The lowest BCUT2D eigenvalue weighted by molar-refractivity contribution is -0.127. The lowest BCUT2D eigenvalue weighted by atomic mass is 9.92. The lowest BCUT2D eigenvalue weighted by Crippen LogP contribution is -2.41. The number of benzene rings is 2. The van der Waals surface area contributed by atoms with Gasteiger partial charge in [0.2, 0.25) is 5.91 Å². The summed E-state index contributed by atoms with van der Waals surface area (Å²) < 4.78 is 2.18. The average molecular weight is 459 g/mol. The fourth-order valence-electron chi connectivity index (χ4n) is 5.50. The normalized spacial score (nSPS) is 17.1. The maximum Gasteiger partial charge on any atom is 0.241 e. The van der Waals surface area contributed by atoms with Crippen LogP contribution in [0.15, 0.2) is 48.5 Å². The summed E-state index contributed by atoms with van der Waals surface area (Å²) in [5.74, 6) is 0.0476. The maximum atomic E-state index is 13.3. The van der Waals surface area contributed by atoms with E-state index in [1.807, 2.05) is 18.2 Å². The van der Waals surface area contributed by atoms with Crippen LogP contribution in [0.3, 0.4) is 0 Å². The molecular weight excluding hydrogens is 420 g/mol. The van der Waals surface area contributed by atoms with Crippen molar-refractivity contribution in [1.29, 1.82) is 0 Å². The zero-order valence-electron chi connectivity index (χ0n) is 21.3. The van der Waals surface area contributed by atoms with E-state index in [0.717, 1.165) is 50.0 Å². The van der Waals surface area contributed by atoms with E-state index in [1.54, 1.807) is 7.05 Å². The highest BCUT2D eigenvalue weighted by Gasteiger charge is 2.37. The summed E-state index contributed by atoms with van der Waals surface area (Å²) in [6.45, 7) is 10.4. The van der Waals surface area contributed by atoms with Crippen molar-refractivity contribution in [3.8, 4) is 0 Å². The van der Waals surface area contributed by atoms with E-state index >= 15 is 0 Å². The number of amides is 1. The summed E-state index contributed by atoms with van der Waals surface area (Å²) in [5, 5.41) is 7.85. The minimum atomic E-state index is -0.328. The van der Waals surface area contributed by atoms with Gasteiger partial charge in [-0.15, -0.1) is 0 Å². The molecule has 0 fully saturated rings. The molecule has 4 rings (SSSR count). The highest BCUT2D eigenvalue weighted by Crippen LogP contribution is 2.40. The van der Waals surface area contributed by atoms with Gasteiger partial charge in [0.1, 0.15) is 6.04 Å². The molecule has 0 saturated carbocycles. The largest absolute Gasteiger partial charge is 0.358 e. The van der Waals surface area contributed by atoms with Crippen molar-refractivity contribution >= 4 is 5.91 Å². The molecule has 5 heteroatoms. The Morgan fingerprint density at radius 2 is 1.88 bits per heavy atom. The Morgan fingerprint density at radius 3 is 2.56 bits per heavy atom. The number of nitrogens with zero attached hydrogens (tertiary/aromatic N) is 3. The van der Waals surface area contributed by atoms with Gasteiger partial charge in [0.05, 0.1) is 5.69 Å². The van der Waals surface area contributed by atoms with Crippen molar-refractivity contribution in [2.45, 2.75) is 72.0 Å². The van der Waals surface area contributed by atoms with Gasteiger partial charge in [-0.3, -0.25) is 14.4 Å². The fraction of sp³-hybridized carbons (Fsp3) is 0.448. The quantitative estimate of drug-likeness (QED) is 0.527. The smallest absolute Gasteiger partial charge is 0.241 e. The molecule has 3 aromatic rings. The monoisotopic (exact) mass is 458 g/mol. The Labute approximate surface area is 204 Å². The van der Waals surface area contributed by atoms with Crippen LogP contribution >= 0.6 is 0 Å². The van der Waals surface area contributed by atoms with E-state index in [1.165, 1.54) is 27.9 Å². The SMILES string of the molecule is CCn1nc(C)c2c1CCCN([C@@H](C(=O)NC)c1ccccc1)[C@@H]2CCc1ccc(C)c(C)c1. The van der Waals surface area contributed by atoms with Crippen LogP contribution in [0.1, 0.15) is 71.1 Å². The number of carbonyl (C=O) groups is 1. The molecule has 1 amide bonds. The first kappa shape index (κ1) is 24.2. The van der Waals surface area contributed by atoms with Crippen LogP contribution in [-0.2, 0) is 24.2 Å². The van der Waals surface area contributed by atoms with Crippen LogP contribution in [0.2, 0.25) is 0 Å². The molecule has 0 unspecified atom stereocenters. The Morgan fingerprint density at radius 1 is 1.12 bits per heavy atom. The predicted molar refractivity (Wildman–Crippen MR) is 138 cm³/mol. The summed E-state index contributed by atoms with van der Waals surface area (Å²) >= 11 is 0. The summed E-state index contributed by atoms with van der Waals surface area (Å²) in [7, 11) is 1.74. The molecule has 1 aromatic heterocycles. The highest BCUT2D eigenvalue weighted by atomic mass is 16.2. The Bertz CT molecular complexity index is 1130. The number of hydrogen-bond donors (Lipinski definition) is 1. The molecule has 5 nitrogen and oxygen atoms in total. The molecule has 2 aromatic carbocycles. The third-order valence-electron chi connectivity index (χ3n) is 7.37. The summed E-state index contributed by atoms with van der Waals surface area (Å²) in [4.78, 5) is 15.8. The number of aromatic nitrogens is 2. The second-order valence-electron chi connectivity index (χ2n) is 9.50. The standard InChI is InChI=1S/C29H38N4O/c1-6-33-26-13-10-18-32(28(29(34)30-5)24-11-8-7-9-12-24)25(27(26)22(4)31-33)17-16-23-15-14-20(2)21(3)19-23/h7-9,11-12,14-15,19,25,28H,6,10,13,16-18H2,1-5H3,(H,30,34)/t25-,28-/m1/s1. The minimum absolute atomic E-state index is 0.0476. The Hall–Kier alpha value is -2.92. The van der Waals surface area contributed by atoms with Crippen LogP contribution < -0.4 is 5.32 Å². The Kier molecular flexibility index (Phi) is 7.52. The van der Waals surface area contributed by atoms with Gasteiger partial charge in [-0.1, -0.05) is 48.5 Å². The third kappa shape index (κ3) is 4.80. The molecule has 0 aliphatic carbocycles. The van der Waals surface area contributed by atoms with E-state index in [4.69, 9.17) is 5.10 Å². The molecule has 34 heavy (non-hydrogen) atoms. The third-order valence-corrected chi connectivity index (χ3v) is 7.37. The van der Waals surface area contributed by atoms with Gasteiger partial charge in [-0.05, 0) is 75.6 Å². The molecule has 1 aliphatic rings. The molecule has 2 heterocycles. The zero-order chi connectivity index (χ0) is 24.2. The maximum absolute atomic E-state index is 13.3. The highest BCUT2D eigenvalue weighted by molar-refractivity contribution is 5.83. The number of hydrogen-bond acceptors (Lipinski definition) is 3. The van der Waals surface area contributed by atoms with E-state index in [9.17, 15) is 4.79 Å². The zero-order valence-corrected chi connectivity index (χ0v) is 21.3. The molecular formula is C29H38N4O. The molecule has 2 atom stereocenters. The molecule has 0 radical (unpaired) electrons. The van der Waals surface area contributed by atoms with Crippen LogP contribution in [0.5, 0.6) is 0 Å². The van der Waals surface area contributed by atoms with Crippen molar-refractivity contribution in [3.05, 3.63) is 87.7 Å². The number of carbonyl (C=O) groups excluding carboxylic acids is 1. The molecule has 1 N–H and O–H groups in total. The van der Waals surface area contributed by atoms with Crippen molar-refractivity contribution in [3.63, 3.8) is 0 Å². The first-order chi connectivity index (χ1) is 16.4. The van der Waals surface area contributed by atoms with Gasteiger partial charge in [-0.25, -0.2) is 0 Å². The topological polar surface area (TPSA) is 50.2 Å². The number of rotatable bonds is 7. The van der Waals surface area contributed by atoms with Gasteiger partial charge in [0.15, 0.2) is 0 Å². The first-order valence-corrected chi connectivity index (χ1v) is 12.6. The molecule has 0 saturated heterocycles. The van der Waals surface area contributed by atoms with Gasteiger partial charge < -0.3 is 5.32 Å². The van der Waals surface area contributed by atoms with Crippen molar-refractivity contribution in [1.82, 2.24) is 20.0 Å². The van der Waals surface area contributed by atoms with E-state index in [0.29, 0.717) is 0 Å². The summed E-state index contributed by atoms with van der Waals surface area (Å²) in [6.07, 6.45) is 3.92. The minimum Gasteiger partial charge on any atom is -0.358 e. The predicted octanol–water partition coefficient (Wildman–Crippen LogP) is 5.24. The van der Waals surface area contributed by atoms with E-state index in [2.05, 4.69) is 72.9 Å². The van der Waals surface area contributed by atoms with Gasteiger partial charge in [0.25, 0.3) is 0 Å². The van der Waals surface area contributed by atoms with Crippen LogP contribution in [0, 0.1) is 20.8 Å². The van der Waals surface area contributed by atoms with Gasteiger partial charge in [-0.2, -0.15) is 5.10 Å². The summed E-state index contributed by atoms with van der Waals surface area (Å²) in [6, 6.07) is 16.8. The molecule has 0 bridgehead atoms. The molecule has 1 aliphatic heterocycles. The first-order valence-electron chi connectivity index (χ1n) is 12.6. The van der Waals surface area contributed by atoms with Crippen LogP contribution in [0.4, 0.5) is 0 Å². The summed E-state index contributed by atoms with van der Waals surface area (Å²) in [5.41, 5.74) is 8.82. The van der Waals surface area contributed by atoms with Gasteiger partial charge in [0, 0.05) is 37.4 Å². The molecule has 180 valence electrons. The number of aryl methyl sites for hydroxylation is 5. The van der Waals surface area contributed by atoms with Crippen molar-refractivity contribution in [2.75, 3.05) is 13.6 Å². The van der Waals surface area contributed by atoms with E-state index < -0.39 is 0 Å². The number of likely N-dealkylation sites (N-methyl/N-ethyl adjacent to an activating group) is 1. The number of nitrogens with one attached hydrogen (secondary N) is 1. The average Bonchev–Trinajstić information content (AvgIpc) is 3.04. The fourth-order valence-corrected chi connectivity index (χ4v) is 5.50. The van der Waals surface area contributed by atoms with Gasteiger partial charge >= 0.3 is 0 Å². The molecule has 0 spiro atoms. The van der Waals surface area contributed by atoms with Crippen LogP contribution in [-0.4, -0.2) is 34.2 Å². The lowest BCUT2D eigenvalue weighted by Gasteiger charge is -2.37. The number of fused-ring (bicyclic) bond motifs is 1. The van der Waals surface area contributed by atoms with Crippen LogP contribution in [0.25, 0.3) is 0 Å². The van der Waals surface area contributed by atoms with Crippen molar-refractivity contribution in [2.24, 2.45) is 0 Å². The second kappa shape index (κ2) is 10.6. The second-order valence-corrected chi connectivity index (χ2v) is 9.50.